The predicted octanol–water partition coefficient (Wildman–Crippen LogP) is 4.40. The van der Waals surface area contributed by atoms with Crippen LogP contribution in [-0.2, 0) is 20.9 Å². The third-order valence-corrected chi connectivity index (χ3v) is 5.71. The Labute approximate surface area is 199 Å². The van der Waals surface area contributed by atoms with Crippen molar-refractivity contribution >= 4 is 46.6 Å². The Morgan fingerprint density at radius 3 is 2.73 bits per heavy atom. The number of benzene rings is 2. The molecular weight excluding hydrogens is 468 g/mol. The Morgan fingerprint density at radius 1 is 1.27 bits per heavy atom. The summed E-state index contributed by atoms with van der Waals surface area (Å²) < 4.78 is 16.0. The van der Waals surface area contributed by atoms with Crippen molar-refractivity contribution in [2.75, 3.05) is 20.3 Å². The Morgan fingerprint density at radius 2 is 2.03 bits per heavy atom. The van der Waals surface area contributed by atoms with Gasteiger partial charge in [-0.05, 0) is 48.5 Å². The summed E-state index contributed by atoms with van der Waals surface area (Å²) in [6.45, 7) is 1.45. The number of carbonyl (C=O) groups excluding carboxylic acids is 3. The lowest BCUT2D eigenvalue weighted by atomic mass is 10.1. The summed E-state index contributed by atoms with van der Waals surface area (Å²) in [5.41, 5.74) is 1.68. The van der Waals surface area contributed by atoms with Crippen molar-refractivity contribution in [3.05, 3.63) is 63.0 Å². The van der Waals surface area contributed by atoms with Gasteiger partial charge in [0.15, 0.2) is 11.5 Å². The number of imide groups is 1. The summed E-state index contributed by atoms with van der Waals surface area (Å²) in [6.07, 6.45) is 1.49. The SMILES string of the molecule is CCOC(=O)CN1C(=O)S/C(=C/c2cc(Cl)c(OCc3ccccc3C#N)c(OC)c2)C1=O. The molecule has 1 aliphatic heterocycles. The van der Waals surface area contributed by atoms with Crippen LogP contribution in [0.2, 0.25) is 5.02 Å². The number of hydrogen-bond donors (Lipinski definition) is 0. The maximum atomic E-state index is 12.6. The molecule has 0 N–H and O–H groups in total. The minimum absolute atomic E-state index is 0.103. The molecule has 1 fully saturated rings. The van der Waals surface area contributed by atoms with Crippen LogP contribution in [0.25, 0.3) is 6.08 Å². The van der Waals surface area contributed by atoms with E-state index in [1.165, 1.54) is 13.2 Å². The summed E-state index contributed by atoms with van der Waals surface area (Å²) in [5.74, 6) is -0.666. The van der Waals surface area contributed by atoms with E-state index in [0.717, 1.165) is 4.90 Å². The number of esters is 1. The first-order valence-electron chi connectivity index (χ1n) is 9.77. The first kappa shape index (κ1) is 24.2. The molecule has 8 nitrogen and oxygen atoms in total. The molecule has 33 heavy (non-hydrogen) atoms. The van der Waals surface area contributed by atoms with Gasteiger partial charge in [-0.1, -0.05) is 29.8 Å². The third-order valence-electron chi connectivity index (χ3n) is 4.53. The topological polar surface area (TPSA) is 106 Å². The second kappa shape index (κ2) is 10.9. The van der Waals surface area contributed by atoms with E-state index >= 15 is 0 Å². The number of carbonyl (C=O) groups is 3. The molecule has 0 atom stereocenters. The van der Waals surface area contributed by atoms with E-state index in [4.69, 9.17) is 25.8 Å². The number of thioether (sulfide) groups is 1. The molecule has 2 amide bonds. The number of rotatable bonds is 8. The molecule has 0 radical (unpaired) electrons. The van der Waals surface area contributed by atoms with Crippen LogP contribution in [0, 0.1) is 11.3 Å². The van der Waals surface area contributed by atoms with Crippen LogP contribution in [0.5, 0.6) is 11.5 Å². The standard InChI is InChI=1S/C23H19ClN2O6S/c1-3-31-20(27)12-26-22(28)19(33-23(26)29)10-14-8-17(24)21(18(9-14)30-2)32-13-16-7-5-4-6-15(16)11-25/h4-10H,3,12-13H2,1-2H3/b19-10+. The zero-order chi connectivity index (χ0) is 24.0. The summed E-state index contributed by atoms with van der Waals surface area (Å²) in [4.78, 5) is 37.4. The predicted molar refractivity (Wildman–Crippen MR) is 123 cm³/mol. The Bertz CT molecular complexity index is 1170. The Hall–Kier alpha value is -3.48. The van der Waals surface area contributed by atoms with E-state index in [-0.39, 0.29) is 28.9 Å². The molecule has 0 aromatic heterocycles. The normalized spacial score (nSPS) is 14.4. The van der Waals surface area contributed by atoms with Crippen LogP contribution in [0.1, 0.15) is 23.6 Å². The van der Waals surface area contributed by atoms with Crippen LogP contribution in [0.4, 0.5) is 4.79 Å². The number of nitrogens with zero attached hydrogens (tertiary/aromatic N) is 2. The van der Waals surface area contributed by atoms with Crippen molar-refractivity contribution in [2.24, 2.45) is 0 Å². The van der Waals surface area contributed by atoms with E-state index in [9.17, 15) is 19.6 Å². The number of methoxy groups -OCH3 is 1. The molecule has 0 aliphatic carbocycles. The Kier molecular flexibility index (Phi) is 7.98. The van der Waals surface area contributed by atoms with Gasteiger partial charge in [-0.25, -0.2) is 0 Å². The van der Waals surface area contributed by atoms with Crippen molar-refractivity contribution in [1.29, 1.82) is 5.26 Å². The zero-order valence-electron chi connectivity index (χ0n) is 17.8. The van der Waals surface area contributed by atoms with E-state index in [2.05, 4.69) is 6.07 Å². The highest BCUT2D eigenvalue weighted by atomic mass is 35.5. The first-order valence-corrected chi connectivity index (χ1v) is 11.0. The van der Waals surface area contributed by atoms with Crippen molar-refractivity contribution in [3.8, 4) is 17.6 Å². The largest absolute Gasteiger partial charge is 0.493 e. The van der Waals surface area contributed by atoms with Gasteiger partial charge < -0.3 is 14.2 Å². The smallest absolute Gasteiger partial charge is 0.326 e. The van der Waals surface area contributed by atoms with Gasteiger partial charge in [-0.3, -0.25) is 19.3 Å². The monoisotopic (exact) mass is 486 g/mol. The Balaban J connectivity index is 1.81. The highest BCUT2D eigenvalue weighted by Gasteiger charge is 2.36. The molecule has 1 saturated heterocycles. The van der Waals surface area contributed by atoms with Gasteiger partial charge in [0, 0.05) is 5.56 Å². The quantitative estimate of drug-likeness (QED) is 0.399. The lowest BCUT2D eigenvalue weighted by Crippen LogP contribution is -2.34. The molecule has 0 saturated carbocycles. The summed E-state index contributed by atoms with van der Waals surface area (Å²) >= 11 is 7.12. The van der Waals surface area contributed by atoms with Gasteiger partial charge in [-0.15, -0.1) is 0 Å². The van der Waals surface area contributed by atoms with Gasteiger partial charge in [0.25, 0.3) is 11.1 Å². The van der Waals surface area contributed by atoms with E-state index in [0.29, 0.717) is 34.2 Å². The average Bonchev–Trinajstić information content (AvgIpc) is 3.05. The number of halogens is 1. The maximum Gasteiger partial charge on any atom is 0.326 e. The number of nitriles is 1. The van der Waals surface area contributed by atoms with Gasteiger partial charge in [0.05, 0.1) is 35.3 Å². The molecule has 10 heteroatoms. The molecule has 2 aromatic rings. The molecule has 1 aliphatic rings. The molecule has 0 unspecified atom stereocenters. The number of ether oxygens (including phenoxy) is 3. The fourth-order valence-corrected chi connectivity index (χ4v) is 4.10. The van der Waals surface area contributed by atoms with E-state index in [1.807, 2.05) is 0 Å². The fourth-order valence-electron chi connectivity index (χ4n) is 2.99. The maximum absolute atomic E-state index is 12.6. The van der Waals surface area contributed by atoms with Crippen LogP contribution in [0.15, 0.2) is 41.3 Å². The van der Waals surface area contributed by atoms with Crippen LogP contribution in [0.3, 0.4) is 0 Å². The molecule has 0 bridgehead atoms. The van der Waals surface area contributed by atoms with Gasteiger partial charge in [-0.2, -0.15) is 5.26 Å². The number of amides is 2. The highest BCUT2D eigenvalue weighted by Crippen LogP contribution is 2.39. The molecule has 2 aromatic carbocycles. The third kappa shape index (κ3) is 5.66. The van der Waals surface area contributed by atoms with Crippen molar-refractivity contribution in [1.82, 2.24) is 4.90 Å². The molecule has 0 spiro atoms. The molecular formula is C23H19ClN2O6S. The van der Waals surface area contributed by atoms with Gasteiger partial charge in [0.2, 0.25) is 0 Å². The fraction of sp³-hybridized carbons (Fsp3) is 0.217. The minimum atomic E-state index is -0.662. The van der Waals surface area contributed by atoms with Gasteiger partial charge >= 0.3 is 5.97 Å². The number of hydrogen-bond acceptors (Lipinski definition) is 8. The second-order valence-corrected chi connectivity index (χ2v) is 8.07. The van der Waals surface area contributed by atoms with Crippen molar-refractivity contribution < 1.29 is 28.6 Å². The van der Waals surface area contributed by atoms with E-state index in [1.54, 1.807) is 43.3 Å². The summed E-state index contributed by atoms with van der Waals surface area (Å²) in [6, 6.07) is 12.3. The van der Waals surface area contributed by atoms with E-state index < -0.39 is 23.7 Å². The lowest BCUT2D eigenvalue weighted by Gasteiger charge is -2.14. The zero-order valence-corrected chi connectivity index (χ0v) is 19.4. The van der Waals surface area contributed by atoms with Crippen LogP contribution < -0.4 is 9.47 Å². The summed E-state index contributed by atoms with van der Waals surface area (Å²) in [7, 11) is 1.44. The average molecular weight is 487 g/mol. The summed E-state index contributed by atoms with van der Waals surface area (Å²) in [5, 5.41) is 8.89. The van der Waals surface area contributed by atoms with Crippen LogP contribution >= 0.6 is 23.4 Å². The van der Waals surface area contributed by atoms with Gasteiger partial charge in [0.1, 0.15) is 13.2 Å². The van der Waals surface area contributed by atoms with Crippen molar-refractivity contribution in [3.63, 3.8) is 0 Å². The molecule has 170 valence electrons. The molecule has 3 rings (SSSR count). The minimum Gasteiger partial charge on any atom is -0.493 e. The highest BCUT2D eigenvalue weighted by molar-refractivity contribution is 8.18. The lowest BCUT2D eigenvalue weighted by molar-refractivity contribution is -0.145. The van der Waals surface area contributed by atoms with Crippen LogP contribution in [-0.4, -0.2) is 42.3 Å². The second-order valence-electron chi connectivity index (χ2n) is 6.66. The first-order chi connectivity index (χ1) is 15.9. The van der Waals surface area contributed by atoms with Crippen molar-refractivity contribution in [2.45, 2.75) is 13.5 Å². The molecule has 1 heterocycles.